The first-order chi connectivity index (χ1) is 23.2. The predicted molar refractivity (Wildman–Crippen MR) is 191 cm³/mol. The van der Waals surface area contributed by atoms with Crippen molar-refractivity contribution in [3.05, 3.63) is 23.3 Å². The molecule has 14 heteroatoms. The lowest BCUT2D eigenvalue weighted by molar-refractivity contribution is -0.155. The number of amides is 5. The fourth-order valence-electron chi connectivity index (χ4n) is 5.13. The molecule has 0 aliphatic rings. The van der Waals surface area contributed by atoms with Gasteiger partial charge in [0.05, 0.1) is 13.1 Å². The second kappa shape index (κ2) is 22.5. The Kier molecular flexibility index (Phi) is 20.6. The van der Waals surface area contributed by atoms with Crippen LogP contribution in [0.2, 0.25) is 0 Å². The molecule has 0 aliphatic carbocycles. The van der Waals surface area contributed by atoms with E-state index in [1.54, 1.807) is 33.8 Å². The van der Waals surface area contributed by atoms with Crippen molar-refractivity contribution in [3.8, 4) is 0 Å². The molecule has 0 fully saturated rings. The van der Waals surface area contributed by atoms with Gasteiger partial charge in [-0.3, -0.25) is 28.8 Å². The van der Waals surface area contributed by atoms with Gasteiger partial charge in [-0.1, -0.05) is 44.9 Å². The van der Waals surface area contributed by atoms with Crippen molar-refractivity contribution in [1.82, 2.24) is 25.3 Å². The minimum Gasteiger partial charge on any atom is -0.480 e. The van der Waals surface area contributed by atoms with E-state index in [1.807, 2.05) is 13.8 Å². The zero-order valence-corrected chi connectivity index (χ0v) is 32.1. The molecule has 50 heavy (non-hydrogen) atoms. The third-order valence-electron chi connectivity index (χ3n) is 8.64. The van der Waals surface area contributed by atoms with E-state index in [0.29, 0.717) is 24.3 Å². The molecule has 284 valence electrons. The Bertz CT molecular complexity index is 1260. The monoisotopic (exact) mass is 707 g/mol. The third-order valence-corrected chi connectivity index (χ3v) is 8.64. The number of hydrogen-bond donors (Lipinski definition) is 3. The number of carboxylic acids is 1. The molecule has 5 amide bonds. The van der Waals surface area contributed by atoms with Crippen LogP contribution in [-0.2, 0) is 38.3 Å². The number of aliphatic carboxylic acids is 1. The van der Waals surface area contributed by atoms with Gasteiger partial charge in [-0.15, -0.1) is 0 Å². The molecule has 0 radical (unpaired) electrons. The minimum absolute atomic E-state index is 0.321. The maximum absolute atomic E-state index is 13.3. The minimum atomic E-state index is -1.22. The van der Waals surface area contributed by atoms with E-state index in [2.05, 4.69) is 30.6 Å². The van der Waals surface area contributed by atoms with Gasteiger partial charge in [0.15, 0.2) is 6.61 Å². The summed E-state index contributed by atoms with van der Waals surface area (Å²) in [4.78, 5) is 92.1. The van der Waals surface area contributed by atoms with Crippen LogP contribution < -0.4 is 10.6 Å². The van der Waals surface area contributed by atoms with E-state index in [1.165, 1.54) is 38.4 Å². The zero-order valence-electron chi connectivity index (χ0n) is 32.1. The van der Waals surface area contributed by atoms with Gasteiger partial charge in [0, 0.05) is 25.7 Å². The Labute approximate surface area is 298 Å². The Morgan fingerprint density at radius 3 is 1.98 bits per heavy atom. The van der Waals surface area contributed by atoms with Crippen LogP contribution in [0.5, 0.6) is 0 Å². The Morgan fingerprint density at radius 2 is 1.46 bits per heavy atom. The summed E-state index contributed by atoms with van der Waals surface area (Å²) in [5.74, 6) is -4.67. The summed E-state index contributed by atoms with van der Waals surface area (Å²) in [5.41, 5.74) is 1.71. The summed E-state index contributed by atoms with van der Waals surface area (Å²) in [5, 5.41) is 14.0. The van der Waals surface area contributed by atoms with Crippen LogP contribution in [0, 0.1) is 11.8 Å². The van der Waals surface area contributed by atoms with E-state index in [4.69, 9.17) is 9.84 Å². The summed E-state index contributed by atoms with van der Waals surface area (Å²) in [6.45, 7) is 16.3. The molecular weight excluding hydrogens is 646 g/mol. The molecule has 0 heterocycles. The second-order valence-corrected chi connectivity index (χ2v) is 13.5. The Morgan fingerprint density at radius 1 is 0.860 bits per heavy atom. The van der Waals surface area contributed by atoms with E-state index in [-0.39, 0.29) is 5.92 Å². The quantitative estimate of drug-likeness (QED) is 0.0918. The SMILES string of the molecule is C/C=C(\C)C[C@@H](C)CC/C=C(\C)C(=O)OCC(=O)N(C(C)C)[C@@H](C)C(=O)N(C)CC(=O)N(C)CC(=O)N[C@H](C(=O)N[C@H](C)C(=O)O)C(C)CC. The number of carbonyl (C=O) groups is 7. The van der Waals surface area contributed by atoms with Gasteiger partial charge in [-0.05, 0) is 79.6 Å². The topological polar surface area (TPSA) is 183 Å². The number of allylic oxidation sites excluding steroid dienone is 3. The van der Waals surface area contributed by atoms with Crippen LogP contribution in [0.3, 0.4) is 0 Å². The van der Waals surface area contributed by atoms with E-state index >= 15 is 0 Å². The molecule has 0 saturated carbocycles. The Hall–Kier alpha value is -4.23. The van der Waals surface area contributed by atoms with Gasteiger partial charge in [0.1, 0.15) is 18.1 Å². The standard InChI is InChI=1S/C36H61N5O9/c1-13-23(5)18-24(6)16-15-17-26(8)36(49)50-21-31(44)41(22(3)4)28(10)34(46)40(12)20-30(43)39(11)19-29(42)38-32(25(7)14-2)33(45)37-27(9)35(47)48/h13,17,22,24-25,27-28,32H,14-16,18-21H2,1-12H3,(H,37,45)(H,38,42)(H,47,48)/b23-13+,26-17+/t24-,25?,27+,28-,32-/m0/s1. The first kappa shape index (κ1) is 45.8. The van der Waals surface area contributed by atoms with Gasteiger partial charge in [0.2, 0.25) is 23.6 Å². The van der Waals surface area contributed by atoms with E-state index in [9.17, 15) is 33.6 Å². The van der Waals surface area contributed by atoms with Crippen LogP contribution >= 0.6 is 0 Å². The molecule has 0 bridgehead atoms. The van der Waals surface area contributed by atoms with Crippen LogP contribution in [0.1, 0.15) is 94.9 Å². The van der Waals surface area contributed by atoms with Crippen LogP contribution in [0.15, 0.2) is 23.3 Å². The van der Waals surface area contributed by atoms with Crippen LogP contribution in [0.4, 0.5) is 0 Å². The van der Waals surface area contributed by atoms with Crippen molar-refractivity contribution in [3.63, 3.8) is 0 Å². The van der Waals surface area contributed by atoms with Gasteiger partial charge >= 0.3 is 11.9 Å². The molecule has 0 aliphatic heterocycles. The number of likely N-dealkylation sites (N-methyl/N-ethyl adjacent to an activating group) is 2. The van der Waals surface area contributed by atoms with Gasteiger partial charge in [-0.2, -0.15) is 0 Å². The molecule has 0 aromatic rings. The number of nitrogens with one attached hydrogen (secondary N) is 2. The average molecular weight is 708 g/mol. The summed E-state index contributed by atoms with van der Waals surface area (Å²) in [6, 6.07) is -3.60. The van der Waals surface area contributed by atoms with Crippen molar-refractivity contribution < 1.29 is 43.4 Å². The lowest BCUT2D eigenvalue weighted by atomic mass is 9.97. The molecule has 3 N–H and O–H groups in total. The summed E-state index contributed by atoms with van der Waals surface area (Å²) in [6.07, 6.45) is 7.00. The number of nitrogens with zero attached hydrogens (tertiary/aromatic N) is 3. The van der Waals surface area contributed by atoms with Gasteiger partial charge in [-0.25, -0.2) is 4.79 Å². The molecule has 0 spiro atoms. The number of hydrogen-bond acceptors (Lipinski definition) is 8. The zero-order chi connectivity index (χ0) is 38.9. The second-order valence-electron chi connectivity index (χ2n) is 13.5. The fraction of sp³-hybridized carbons (Fsp3) is 0.694. The van der Waals surface area contributed by atoms with Crippen molar-refractivity contribution in [1.29, 1.82) is 0 Å². The molecule has 1 unspecified atom stereocenters. The predicted octanol–water partition coefficient (Wildman–Crippen LogP) is 2.91. The maximum atomic E-state index is 13.3. The molecule has 0 aromatic heterocycles. The maximum Gasteiger partial charge on any atom is 0.333 e. The van der Waals surface area contributed by atoms with Crippen molar-refractivity contribution in [2.75, 3.05) is 33.8 Å². The third kappa shape index (κ3) is 16.0. The summed E-state index contributed by atoms with van der Waals surface area (Å²) in [7, 11) is 2.77. The lowest BCUT2D eigenvalue weighted by Gasteiger charge is -2.34. The highest BCUT2D eigenvalue weighted by Crippen LogP contribution is 2.17. The number of rotatable bonds is 21. The molecule has 0 aromatic carbocycles. The average Bonchev–Trinajstić information content (AvgIpc) is 3.04. The number of esters is 1. The largest absolute Gasteiger partial charge is 0.480 e. The molecule has 14 nitrogen and oxygen atoms in total. The number of carbonyl (C=O) groups excluding carboxylic acids is 6. The van der Waals surface area contributed by atoms with E-state index < -0.39 is 85.3 Å². The van der Waals surface area contributed by atoms with Crippen LogP contribution in [-0.4, -0.2) is 119 Å². The van der Waals surface area contributed by atoms with Crippen molar-refractivity contribution in [2.45, 2.75) is 119 Å². The highest BCUT2D eigenvalue weighted by molar-refractivity contribution is 5.94. The van der Waals surface area contributed by atoms with Gasteiger partial charge in [0.25, 0.3) is 5.91 Å². The van der Waals surface area contributed by atoms with Crippen molar-refractivity contribution >= 4 is 41.5 Å². The highest BCUT2D eigenvalue weighted by atomic mass is 16.5. The number of ether oxygens (including phenoxy) is 1. The Balaban J connectivity index is 5.26. The van der Waals surface area contributed by atoms with E-state index in [0.717, 1.165) is 22.6 Å². The summed E-state index contributed by atoms with van der Waals surface area (Å²) < 4.78 is 5.27. The number of carboxylic acid groups (broad SMARTS) is 1. The smallest absolute Gasteiger partial charge is 0.333 e. The normalized spacial score (nSPS) is 14.8. The fourth-order valence-corrected chi connectivity index (χ4v) is 5.13. The first-order valence-electron chi connectivity index (χ1n) is 17.3. The summed E-state index contributed by atoms with van der Waals surface area (Å²) >= 11 is 0. The molecule has 0 saturated heterocycles. The van der Waals surface area contributed by atoms with Crippen molar-refractivity contribution in [2.24, 2.45) is 11.8 Å². The molecular formula is C36H61N5O9. The highest BCUT2D eigenvalue weighted by Gasteiger charge is 2.32. The molecule has 0 rings (SSSR count). The molecule has 5 atom stereocenters. The van der Waals surface area contributed by atoms with Crippen LogP contribution in [0.25, 0.3) is 0 Å². The first-order valence-corrected chi connectivity index (χ1v) is 17.3. The van der Waals surface area contributed by atoms with Gasteiger partial charge < -0.3 is 35.2 Å². The lowest BCUT2D eigenvalue weighted by Crippen LogP contribution is -2.55.